The van der Waals surface area contributed by atoms with Crippen LogP contribution in [0.25, 0.3) is 0 Å². The van der Waals surface area contributed by atoms with Crippen molar-refractivity contribution in [3.8, 4) is 0 Å². The molecule has 5 heteroatoms. The molecule has 0 heterocycles. The second kappa shape index (κ2) is 8.94. The maximum atomic E-state index is 14.6. The van der Waals surface area contributed by atoms with Crippen LogP contribution >= 0.6 is 0 Å². The second-order valence-electron chi connectivity index (χ2n) is 6.10. The molecule has 0 aliphatic heterocycles. The summed E-state index contributed by atoms with van der Waals surface area (Å²) in [5, 5.41) is 0. The molecule has 2 aromatic rings. The topological polar surface area (TPSA) is 52.6 Å². The summed E-state index contributed by atoms with van der Waals surface area (Å²) in [6.45, 7) is 4.61. The summed E-state index contributed by atoms with van der Waals surface area (Å²) in [5.74, 6) is -1.79. The van der Waals surface area contributed by atoms with Crippen molar-refractivity contribution in [1.82, 2.24) is 0 Å². The molecule has 0 saturated carbocycles. The van der Waals surface area contributed by atoms with Crippen LogP contribution in [0.15, 0.2) is 72.8 Å². The number of hydrogen-bond acceptors (Lipinski definition) is 4. The minimum Gasteiger partial charge on any atom is -0.458 e. The van der Waals surface area contributed by atoms with E-state index in [-0.39, 0.29) is 18.8 Å². The van der Waals surface area contributed by atoms with Crippen molar-refractivity contribution >= 4 is 11.9 Å². The Morgan fingerprint density at radius 2 is 1.38 bits per heavy atom. The van der Waals surface area contributed by atoms with Gasteiger partial charge < -0.3 is 9.47 Å². The Morgan fingerprint density at radius 1 is 0.923 bits per heavy atom. The fourth-order valence-electron chi connectivity index (χ4n) is 2.24. The molecule has 0 spiro atoms. The van der Waals surface area contributed by atoms with Crippen molar-refractivity contribution in [3.63, 3.8) is 0 Å². The van der Waals surface area contributed by atoms with E-state index in [9.17, 15) is 14.0 Å². The average molecular weight is 356 g/mol. The summed E-state index contributed by atoms with van der Waals surface area (Å²) in [6.07, 6.45) is -0.492. The molecule has 1 unspecified atom stereocenters. The van der Waals surface area contributed by atoms with E-state index >= 15 is 0 Å². The fraction of sp³-hybridized carbons (Fsp3) is 0.238. The lowest BCUT2D eigenvalue weighted by Gasteiger charge is -2.19. The zero-order chi connectivity index (χ0) is 19.0. The molecule has 0 aromatic heterocycles. The van der Waals surface area contributed by atoms with Crippen molar-refractivity contribution in [2.75, 3.05) is 0 Å². The van der Waals surface area contributed by atoms with Crippen molar-refractivity contribution in [3.05, 3.63) is 83.9 Å². The average Bonchev–Trinajstić information content (AvgIpc) is 2.65. The van der Waals surface area contributed by atoms with E-state index in [1.807, 2.05) is 24.3 Å². The Kier molecular flexibility index (Phi) is 6.67. The quantitative estimate of drug-likeness (QED) is 0.527. The zero-order valence-electron chi connectivity index (χ0n) is 14.6. The van der Waals surface area contributed by atoms with Crippen molar-refractivity contribution in [2.24, 2.45) is 0 Å². The first-order valence-electron chi connectivity index (χ1n) is 8.17. The number of carbonyl (C=O) groups excluding carboxylic acids is 2. The SMILES string of the molecule is C=C(CC(C)(F)C(=O)OCc1ccccc1)C(=O)OCc1ccccc1. The summed E-state index contributed by atoms with van der Waals surface area (Å²) in [5.41, 5.74) is -0.934. The number of alkyl halides is 1. The molecule has 0 aliphatic carbocycles. The van der Waals surface area contributed by atoms with Crippen LogP contribution < -0.4 is 0 Å². The Labute approximate surface area is 152 Å². The van der Waals surface area contributed by atoms with Crippen molar-refractivity contribution in [1.29, 1.82) is 0 Å². The molecule has 0 radical (unpaired) electrons. The van der Waals surface area contributed by atoms with Gasteiger partial charge in [-0.05, 0) is 18.1 Å². The third kappa shape index (κ3) is 5.84. The van der Waals surface area contributed by atoms with E-state index in [1.165, 1.54) is 0 Å². The largest absolute Gasteiger partial charge is 0.458 e. The van der Waals surface area contributed by atoms with E-state index in [2.05, 4.69) is 6.58 Å². The Balaban J connectivity index is 1.83. The Hall–Kier alpha value is -2.95. The van der Waals surface area contributed by atoms with Gasteiger partial charge in [0.25, 0.3) is 0 Å². The van der Waals surface area contributed by atoms with Crippen LogP contribution in [0, 0.1) is 0 Å². The molecule has 2 rings (SSSR count). The summed E-state index contributed by atoms with van der Waals surface area (Å²) in [7, 11) is 0. The van der Waals surface area contributed by atoms with Crippen LogP contribution in [0.5, 0.6) is 0 Å². The van der Waals surface area contributed by atoms with Crippen LogP contribution in [0.2, 0.25) is 0 Å². The highest BCUT2D eigenvalue weighted by molar-refractivity contribution is 5.90. The van der Waals surface area contributed by atoms with Gasteiger partial charge >= 0.3 is 11.9 Å². The normalized spacial score (nSPS) is 12.7. The number of halogens is 1. The Bertz CT molecular complexity index is 754. The van der Waals surface area contributed by atoms with E-state index < -0.39 is 24.0 Å². The highest BCUT2D eigenvalue weighted by Crippen LogP contribution is 2.23. The first kappa shape index (κ1) is 19.4. The number of benzene rings is 2. The standard InChI is InChI=1S/C21H21FO4/c1-16(19(23)25-14-17-9-5-3-6-10-17)13-21(2,22)20(24)26-15-18-11-7-4-8-12-18/h3-12H,1,13-15H2,2H3. The number of ether oxygens (including phenoxy) is 2. The minimum atomic E-state index is -2.36. The number of esters is 2. The third-order valence-corrected chi connectivity index (χ3v) is 3.69. The van der Waals surface area contributed by atoms with E-state index in [0.717, 1.165) is 18.1 Å². The molecule has 0 saturated heterocycles. The molecule has 4 nitrogen and oxygen atoms in total. The fourth-order valence-corrected chi connectivity index (χ4v) is 2.24. The molecule has 1 atom stereocenters. The molecule has 0 amide bonds. The van der Waals surface area contributed by atoms with Gasteiger partial charge in [0.05, 0.1) is 0 Å². The maximum absolute atomic E-state index is 14.6. The molecule has 0 aliphatic rings. The minimum absolute atomic E-state index is 0.0376. The first-order valence-corrected chi connectivity index (χ1v) is 8.17. The van der Waals surface area contributed by atoms with Crippen molar-refractivity contribution < 1.29 is 23.5 Å². The van der Waals surface area contributed by atoms with Gasteiger partial charge in [-0.15, -0.1) is 0 Å². The van der Waals surface area contributed by atoms with Gasteiger partial charge in [0.1, 0.15) is 13.2 Å². The highest BCUT2D eigenvalue weighted by Gasteiger charge is 2.37. The monoisotopic (exact) mass is 356 g/mol. The van der Waals surface area contributed by atoms with Crippen LogP contribution in [0.3, 0.4) is 0 Å². The van der Waals surface area contributed by atoms with Crippen LogP contribution in [-0.4, -0.2) is 17.6 Å². The van der Waals surface area contributed by atoms with Gasteiger partial charge in [0.15, 0.2) is 0 Å². The van der Waals surface area contributed by atoms with E-state index in [1.54, 1.807) is 36.4 Å². The van der Waals surface area contributed by atoms with Gasteiger partial charge in [-0.1, -0.05) is 67.2 Å². The smallest absolute Gasteiger partial charge is 0.344 e. The molecular formula is C21H21FO4. The summed E-state index contributed by atoms with van der Waals surface area (Å²) < 4.78 is 24.7. The first-order chi connectivity index (χ1) is 12.4. The van der Waals surface area contributed by atoms with Gasteiger partial charge in [-0.3, -0.25) is 0 Å². The van der Waals surface area contributed by atoms with Gasteiger partial charge in [-0.2, -0.15) is 0 Å². The molecule has 0 bridgehead atoms. The van der Waals surface area contributed by atoms with E-state index in [0.29, 0.717) is 0 Å². The third-order valence-electron chi connectivity index (χ3n) is 3.69. The predicted molar refractivity (Wildman–Crippen MR) is 95.7 cm³/mol. The molecule has 0 N–H and O–H groups in total. The second-order valence-corrected chi connectivity index (χ2v) is 6.10. The van der Waals surface area contributed by atoms with E-state index in [4.69, 9.17) is 9.47 Å². The molecular weight excluding hydrogens is 335 g/mol. The zero-order valence-corrected chi connectivity index (χ0v) is 14.6. The van der Waals surface area contributed by atoms with Gasteiger partial charge in [0.2, 0.25) is 5.67 Å². The van der Waals surface area contributed by atoms with Gasteiger partial charge in [0, 0.05) is 12.0 Å². The van der Waals surface area contributed by atoms with Gasteiger partial charge in [-0.25, -0.2) is 14.0 Å². The maximum Gasteiger partial charge on any atom is 0.344 e. The summed E-state index contributed by atoms with van der Waals surface area (Å²) in [6, 6.07) is 18.0. The molecule has 136 valence electrons. The highest BCUT2D eigenvalue weighted by atomic mass is 19.1. The molecule has 26 heavy (non-hydrogen) atoms. The number of carbonyl (C=O) groups is 2. The van der Waals surface area contributed by atoms with Crippen LogP contribution in [0.1, 0.15) is 24.5 Å². The molecule has 2 aromatic carbocycles. The number of rotatable bonds is 8. The summed E-state index contributed by atoms with van der Waals surface area (Å²) in [4.78, 5) is 23.9. The lowest BCUT2D eigenvalue weighted by molar-refractivity contribution is -0.158. The van der Waals surface area contributed by atoms with Crippen LogP contribution in [0.4, 0.5) is 4.39 Å². The number of hydrogen-bond donors (Lipinski definition) is 0. The molecule has 0 fully saturated rings. The van der Waals surface area contributed by atoms with Crippen molar-refractivity contribution in [2.45, 2.75) is 32.2 Å². The predicted octanol–water partition coefficient (Wildman–Crippen LogP) is 4.15. The Morgan fingerprint density at radius 3 is 1.88 bits per heavy atom. The lowest BCUT2D eigenvalue weighted by Crippen LogP contribution is -2.33. The summed E-state index contributed by atoms with van der Waals surface area (Å²) >= 11 is 0. The van der Waals surface area contributed by atoms with Crippen LogP contribution in [-0.2, 0) is 32.3 Å². The lowest BCUT2D eigenvalue weighted by atomic mass is 9.99.